The van der Waals surface area contributed by atoms with Crippen molar-refractivity contribution >= 4 is 18.4 Å². The minimum Gasteiger partial charge on any atom is -0.496 e. The highest BCUT2D eigenvalue weighted by Gasteiger charge is 2.23. The molecule has 0 saturated carbocycles. The number of carbonyl (C=O) groups is 1. The lowest BCUT2D eigenvalue weighted by Gasteiger charge is -2.15. The lowest BCUT2D eigenvalue weighted by molar-refractivity contribution is 0.0594. The number of fused-ring (bicyclic) bond motifs is 1. The number of methoxy groups -OCH3 is 2. The molecular weight excluding hydrogens is 272 g/mol. The molecule has 0 aromatic carbocycles. The van der Waals surface area contributed by atoms with E-state index in [1.54, 1.807) is 4.57 Å². The summed E-state index contributed by atoms with van der Waals surface area (Å²) in [7, 11) is 2.76. The van der Waals surface area contributed by atoms with Gasteiger partial charge in [0.2, 0.25) is 0 Å². The summed E-state index contributed by atoms with van der Waals surface area (Å²) in [6, 6.07) is 1.33. The molecule has 0 radical (unpaired) electrons. The lowest BCUT2D eigenvalue weighted by Crippen LogP contribution is -2.27. The van der Waals surface area contributed by atoms with Crippen LogP contribution in [0, 0.1) is 0 Å². The average Bonchev–Trinajstić information content (AvgIpc) is 2.63. The van der Waals surface area contributed by atoms with E-state index < -0.39 is 5.97 Å². The van der Waals surface area contributed by atoms with Crippen LogP contribution in [0.15, 0.2) is 10.9 Å². The predicted octanol–water partition coefficient (Wildman–Crippen LogP) is 0.211. The zero-order valence-corrected chi connectivity index (χ0v) is 11.7. The predicted molar refractivity (Wildman–Crippen MR) is 72.4 cm³/mol. The van der Waals surface area contributed by atoms with Crippen LogP contribution in [0.2, 0.25) is 0 Å². The van der Waals surface area contributed by atoms with Crippen LogP contribution in [0.25, 0.3) is 0 Å². The Morgan fingerprint density at radius 3 is 2.74 bits per heavy atom. The van der Waals surface area contributed by atoms with Gasteiger partial charge >= 0.3 is 5.97 Å². The first kappa shape index (κ1) is 15.5. The fourth-order valence-corrected chi connectivity index (χ4v) is 2.18. The van der Waals surface area contributed by atoms with Gasteiger partial charge in [0.1, 0.15) is 11.3 Å². The van der Waals surface area contributed by atoms with Gasteiger partial charge in [-0.15, -0.1) is 12.4 Å². The molecule has 7 heteroatoms. The van der Waals surface area contributed by atoms with E-state index in [0.29, 0.717) is 30.8 Å². The van der Waals surface area contributed by atoms with Gasteiger partial charge in [-0.05, 0) is 0 Å². The van der Waals surface area contributed by atoms with E-state index >= 15 is 0 Å². The van der Waals surface area contributed by atoms with Gasteiger partial charge in [0, 0.05) is 37.8 Å². The summed E-state index contributed by atoms with van der Waals surface area (Å²) in [5.41, 5.74) is 0.873. The van der Waals surface area contributed by atoms with E-state index in [9.17, 15) is 9.59 Å². The minimum absolute atomic E-state index is 0. The van der Waals surface area contributed by atoms with Crippen molar-refractivity contribution in [3.63, 3.8) is 0 Å². The largest absolute Gasteiger partial charge is 0.496 e. The van der Waals surface area contributed by atoms with Crippen LogP contribution >= 0.6 is 12.4 Å². The maximum atomic E-state index is 12.0. The van der Waals surface area contributed by atoms with Crippen LogP contribution in [0.1, 0.15) is 16.1 Å². The summed E-state index contributed by atoms with van der Waals surface area (Å²) in [5, 5.41) is 3.19. The molecule has 2 rings (SSSR count). The van der Waals surface area contributed by atoms with Crippen LogP contribution in [-0.2, 0) is 17.7 Å². The topological polar surface area (TPSA) is 69.6 Å². The molecule has 106 valence electrons. The van der Waals surface area contributed by atoms with Gasteiger partial charge in [-0.25, -0.2) is 4.79 Å². The van der Waals surface area contributed by atoms with Crippen molar-refractivity contribution < 1.29 is 14.3 Å². The second-order valence-corrected chi connectivity index (χ2v) is 4.02. The fraction of sp³-hybridized carbons (Fsp3) is 0.500. The molecule has 19 heavy (non-hydrogen) atoms. The van der Waals surface area contributed by atoms with Crippen molar-refractivity contribution in [1.82, 2.24) is 9.88 Å². The van der Waals surface area contributed by atoms with Crippen molar-refractivity contribution in [2.24, 2.45) is 0 Å². The van der Waals surface area contributed by atoms with Gasteiger partial charge in [-0.3, -0.25) is 4.79 Å². The van der Waals surface area contributed by atoms with Gasteiger partial charge in [-0.2, -0.15) is 0 Å². The molecule has 1 aliphatic heterocycles. The third-order valence-electron chi connectivity index (χ3n) is 3.04. The molecule has 6 nitrogen and oxygen atoms in total. The highest BCUT2D eigenvalue weighted by molar-refractivity contribution is 5.93. The Morgan fingerprint density at radius 2 is 2.11 bits per heavy atom. The molecule has 0 spiro atoms. The summed E-state index contributed by atoms with van der Waals surface area (Å²) >= 11 is 0. The number of pyridine rings is 1. The van der Waals surface area contributed by atoms with E-state index in [2.05, 4.69) is 5.32 Å². The molecule has 0 unspecified atom stereocenters. The minimum atomic E-state index is -0.475. The van der Waals surface area contributed by atoms with Crippen LogP contribution in [0.5, 0.6) is 5.75 Å². The van der Waals surface area contributed by atoms with E-state index in [4.69, 9.17) is 9.47 Å². The number of nitrogens with one attached hydrogen (secondary N) is 1. The van der Waals surface area contributed by atoms with Crippen molar-refractivity contribution in [1.29, 1.82) is 0 Å². The number of hydrogen-bond acceptors (Lipinski definition) is 5. The summed E-state index contributed by atoms with van der Waals surface area (Å²) in [4.78, 5) is 23.8. The summed E-state index contributed by atoms with van der Waals surface area (Å²) in [6.45, 7) is 1.97. The zero-order chi connectivity index (χ0) is 13.1. The highest BCUT2D eigenvalue weighted by atomic mass is 35.5. The van der Waals surface area contributed by atoms with Crippen LogP contribution in [0.4, 0.5) is 0 Å². The number of hydrogen-bond donors (Lipinski definition) is 1. The van der Waals surface area contributed by atoms with Gasteiger partial charge in [0.05, 0.1) is 14.2 Å². The van der Waals surface area contributed by atoms with Crippen molar-refractivity contribution in [3.05, 3.63) is 27.7 Å². The molecular formula is C12H17ClN2O4. The second-order valence-electron chi connectivity index (χ2n) is 4.02. The first-order valence-electron chi connectivity index (χ1n) is 5.78. The third kappa shape index (κ3) is 2.90. The van der Waals surface area contributed by atoms with E-state index in [1.165, 1.54) is 20.3 Å². The fourth-order valence-electron chi connectivity index (χ4n) is 2.18. The SMILES string of the molecule is COC(=O)c1c(OC)cc(=O)n2c1CCNCC2.Cl. The van der Waals surface area contributed by atoms with Gasteiger partial charge in [-0.1, -0.05) is 0 Å². The molecule has 2 heterocycles. The van der Waals surface area contributed by atoms with Gasteiger partial charge < -0.3 is 19.4 Å². The van der Waals surface area contributed by atoms with E-state index in [1.807, 2.05) is 0 Å². The summed E-state index contributed by atoms with van der Waals surface area (Å²) in [5.74, 6) is -0.197. The average molecular weight is 289 g/mol. The maximum absolute atomic E-state index is 12.0. The normalized spacial score (nSPS) is 13.8. The number of aromatic nitrogens is 1. The standard InChI is InChI=1S/C12H16N2O4.ClH/c1-17-9-7-10(15)14-6-5-13-4-3-8(14)11(9)12(16)18-2;/h7,13H,3-6H2,1-2H3;1H. The molecule has 1 aromatic rings. The number of nitrogens with zero attached hydrogens (tertiary/aromatic N) is 1. The zero-order valence-electron chi connectivity index (χ0n) is 10.9. The third-order valence-corrected chi connectivity index (χ3v) is 3.04. The lowest BCUT2D eigenvalue weighted by atomic mass is 10.1. The number of esters is 1. The van der Waals surface area contributed by atoms with Crippen molar-refractivity contribution in [3.8, 4) is 5.75 Å². The Bertz CT molecular complexity index is 527. The number of halogens is 1. The molecule has 1 aromatic heterocycles. The number of carbonyl (C=O) groups excluding carboxylic acids is 1. The first-order valence-corrected chi connectivity index (χ1v) is 5.78. The van der Waals surface area contributed by atoms with Crippen molar-refractivity contribution in [2.45, 2.75) is 13.0 Å². The molecule has 0 bridgehead atoms. The first-order chi connectivity index (χ1) is 8.69. The Hall–Kier alpha value is -1.53. The Labute approximate surface area is 117 Å². The molecule has 0 saturated heterocycles. The maximum Gasteiger partial charge on any atom is 0.343 e. The molecule has 0 fully saturated rings. The second kappa shape index (κ2) is 6.58. The molecule has 1 aliphatic rings. The van der Waals surface area contributed by atoms with Crippen LogP contribution < -0.4 is 15.6 Å². The van der Waals surface area contributed by atoms with Crippen molar-refractivity contribution in [2.75, 3.05) is 27.3 Å². The van der Waals surface area contributed by atoms with Gasteiger partial charge in [0.15, 0.2) is 0 Å². The number of rotatable bonds is 2. The van der Waals surface area contributed by atoms with E-state index in [-0.39, 0.29) is 23.7 Å². The summed E-state index contributed by atoms with van der Waals surface area (Å²) in [6.07, 6.45) is 0.594. The van der Waals surface area contributed by atoms with Gasteiger partial charge in [0.25, 0.3) is 5.56 Å². The molecule has 0 aliphatic carbocycles. The smallest absolute Gasteiger partial charge is 0.343 e. The molecule has 0 amide bonds. The summed E-state index contributed by atoms with van der Waals surface area (Å²) < 4.78 is 11.5. The Morgan fingerprint density at radius 1 is 1.37 bits per heavy atom. The number of ether oxygens (including phenoxy) is 2. The van der Waals surface area contributed by atoms with E-state index in [0.717, 1.165) is 6.54 Å². The Kier molecular flexibility index (Phi) is 5.38. The molecule has 1 N–H and O–H groups in total. The molecule has 0 atom stereocenters. The highest BCUT2D eigenvalue weighted by Crippen LogP contribution is 2.22. The van der Waals surface area contributed by atoms with Crippen LogP contribution in [0.3, 0.4) is 0 Å². The Balaban J connectivity index is 0.00000180. The monoisotopic (exact) mass is 288 g/mol. The quantitative estimate of drug-likeness (QED) is 0.788. The van der Waals surface area contributed by atoms with Crippen LogP contribution in [-0.4, -0.2) is 37.8 Å².